The lowest BCUT2D eigenvalue weighted by atomic mass is 10.1. The molecule has 0 unspecified atom stereocenters. The Morgan fingerprint density at radius 2 is 1.76 bits per heavy atom. The van der Waals surface area contributed by atoms with Crippen molar-refractivity contribution in [3.05, 3.63) is 64.7 Å². The van der Waals surface area contributed by atoms with Crippen LogP contribution in [0, 0.1) is 6.92 Å². The molecular weight excluding hydrogens is 264 g/mol. The second kappa shape index (κ2) is 6.41. The number of hydrogen-bond donors (Lipinski definition) is 2. The van der Waals surface area contributed by atoms with Crippen LogP contribution in [0.15, 0.2) is 42.5 Å². The molecule has 0 fully saturated rings. The SMILES string of the molecule is Cc1cc(O)ccc1C(=O)N(C)Cc1ccc(CN)cc1. The Morgan fingerprint density at radius 3 is 2.33 bits per heavy atom. The Balaban J connectivity index is 2.11. The maximum absolute atomic E-state index is 12.4. The van der Waals surface area contributed by atoms with Crippen molar-refractivity contribution in [1.82, 2.24) is 4.90 Å². The second-order valence-electron chi connectivity index (χ2n) is 5.18. The number of carbonyl (C=O) groups excluding carboxylic acids is 1. The van der Waals surface area contributed by atoms with Gasteiger partial charge in [-0.25, -0.2) is 0 Å². The molecule has 0 aliphatic heterocycles. The lowest BCUT2D eigenvalue weighted by Gasteiger charge is -2.18. The first kappa shape index (κ1) is 15.1. The van der Waals surface area contributed by atoms with E-state index < -0.39 is 0 Å². The predicted molar refractivity (Wildman–Crippen MR) is 83.0 cm³/mol. The molecule has 2 aromatic carbocycles. The number of benzene rings is 2. The van der Waals surface area contributed by atoms with Gasteiger partial charge in [0.1, 0.15) is 5.75 Å². The average molecular weight is 284 g/mol. The van der Waals surface area contributed by atoms with Crippen LogP contribution in [0.2, 0.25) is 0 Å². The molecule has 0 heterocycles. The van der Waals surface area contributed by atoms with Crippen LogP contribution in [0.3, 0.4) is 0 Å². The van der Waals surface area contributed by atoms with E-state index in [2.05, 4.69) is 0 Å². The van der Waals surface area contributed by atoms with Crippen molar-refractivity contribution < 1.29 is 9.90 Å². The van der Waals surface area contributed by atoms with Crippen LogP contribution in [-0.4, -0.2) is 23.0 Å². The predicted octanol–water partition coefficient (Wildman–Crippen LogP) is 2.43. The number of nitrogens with zero attached hydrogens (tertiary/aromatic N) is 1. The first-order chi connectivity index (χ1) is 10.0. The van der Waals surface area contributed by atoms with Gasteiger partial charge in [-0.15, -0.1) is 0 Å². The van der Waals surface area contributed by atoms with E-state index in [-0.39, 0.29) is 11.7 Å². The van der Waals surface area contributed by atoms with Gasteiger partial charge in [-0.3, -0.25) is 4.79 Å². The summed E-state index contributed by atoms with van der Waals surface area (Å²) in [6.45, 7) is 2.86. The van der Waals surface area contributed by atoms with Crippen molar-refractivity contribution in [2.24, 2.45) is 5.73 Å². The average Bonchev–Trinajstić information content (AvgIpc) is 2.47. The number of carbonyl (C=O) groups is 1. The molecule has 0 radical (unpaired) electrons. The molecule has 110 valence electrons. The van der Waals surface area contributed by atoms with Crippen molar-refractivity contribution in [3.63, 3.8) is 0 Å². The third-order valence-electron chi connectivity index (χ3n) is 3.47. The van der Waals surface area contributed by atoms with E-state index in [0.29, 0.717) is 18.7 Å². The fraction of sp³-hybridized carbons (Fsp3) is 0.235. The molecule has 0 saturated heterocycles. The molecule has 0 aromatic heterocycles. The van der Waals surface area contributed by atoms with Gasteiger partial charge >= 0.3 is 0 Å². The minimum Gasteiger partial charge on any atom is -0.508 e. The number of phenolic OH excluding ortho intramolecular Hbond substituents is 1. The zero-order chi connectivity index (χ0) is 15.4. The summed E-state index contributed by atoms with van der Waals surface area (Å²) in [4.78, 5) is 14.1. The van der Waals surface area contributed by atoms with Gasteiger partial charge in [0.15, 0.2) is 0 Å². The molecule has 4 heteroatoms. The highest BCUT2D eigenvalue weighted by Gasteiger charge is 2.14. The summed E-state index contributed by atoms with van der Waals surface area (Å²) in [5.74, 6) is 0.111. The van der Waals surface area contributed by atoms with Crippen molar-refractivity contribution >= 4 is 5.91 Å². The van der Waals surface area contributed by atoms with Gasteiger partial charge in [-0.2, -0.15) is 0 Å². The normalized spacial score (nSPS) is 10.4. The van der Waals surface area contributed by atoms with Gasteiger partial charge in [-0.1, -0.05) is 24.3 Å². The number of hydrogen-bond acceptors (Lipinski definition) is 3. The van der Waals surface area contributed by atoms with Gasteiger partial charge in [0, 0.05) is 25.7 Å². The van der Waals surface area contributed by atoms with E-state index in [4.69, 9.17) is 5.73 Å². The zero-order valence-electron chi connectivity index (χ0n) is 12.3. The molecule has 2 aromatic rings. The molecule has 0 saturated carbocycles. The Bertz CT molecular complexity index is 636. The highest BCUT2D eigenvalue weighted by molar-refractivity contribution is 5.95. The fourth-order valence-corrected chi connectivity index (χ4v) is 2.22. The molecule has 0 bridgehead atoms. The Kier molecular flexibility index (Phi) is 4.60. The number of nitrogens with two attached hydrogens (primary N) is 1. The summed E-state index contributed by atoms with van der Waals surface area (Å²) >= 11 is 0. The van der Waals surface area contributed by atoms with E-state index in [9.17, 15) is 9.90 Å². The molecule has 4 nitrogen and oxygen atoms in total. The van der Waals surface area contributed by atoms with E-state index >= 15 is 0 Å². The van der Waals surface area contributed by atoms with Crippen LogP contribution in [0.5, 0.6) is 5.75 Å². The summed E-state index contributed by atoms with van der Waals surface area (Å²) in [5, 5.41) is 9.41. The molecule has 0 spiro atoms. The number of phenols is 1. The van der Waals surface area contributed by atoms with Crippen LogP contribution in [-0.2, 0) is 13.1 Å². The first-order valence-corrected chi connectivity index (χ1v) is 6.84. The van der Waals surface area contributed by atoms with Crippen molar-refractivity contribution in [1.29, 1.82) is 0 Å². The maximum Gasteiger partial charge on any atom is 0.254 e. The van der Waals surface area contributed by atoms with Crippen LogP contribution in [0.1, 0.15) is 27.0 Å². The largest absolute Gasteiger partial charge is 0.508 e. The molecule has 0 aliphatic carbocycles. The Labute approximate surface area is 124 Å². The second-order valence-corrected chi connectivity index (χ2v) is 5.18. The summed E-state index contributed by atoms with van der Waals surface area (Å²) in [6.07, 6.45) is 0. The van der Waals surface area contributed by atoms with Gasteiger partial charge in [0.25, 0.3) is 5.91 Å². The van der Waals surface area contributed by atoms with Gasteiger partial charge in [0.05, 0.1) is 0 Å². The quantitative estimate of drug-likeness (QED) is 0.906. The minimum absolute atomic E-state index is 0.0598. The summed E-state index contributed by atoms with van der Waals surface area (Å²) in [5.41, 5.74) is 9.07. The lowest BCUT2D eigenvalue weighted by Crippen LogP contribution is -2.26. The molecular formula is C17H20N2O2. The molecule has 21 heavy (non-hydrogen) atoms. The third-order valence-corrected chi connectivity index (χ3v) is 3.47. The summed E-state index contributed by atoms with van der Waals surface area (Å²) < 4.78 is 0. The number of amides is 1. The lowest BCUT2D eigenvalue weighted by molar-refractivity contribution is 0.0784. The molecule has 2 rings (SSSR count). The van der Waals surface area contributed by atoms with Crippen molar-refractivity contribution in [3.8, 4) is 5.75 Å². The molecule has 0 aliphatic rings. The van der Waals surface area contributed by atoms with Crippen molar-refractivity contribution in [2.75, 3.05) is 7.05 Å². The smallest absolute Gasteiger partial charge is 0.254 e. The minimum atomic E-state index is -0.0598. The molecule has 0 atom stereocenters. The van der Waals surface area contributed by atoms with E-state index in [1.165, 1.54) is 6.07 Å². The molecule has 1 amide bonds. The summed E-state index contributed by atoms with van der Waals surface area (Å²) in [6, 6.07) is 12.7. The Morgan fingerprint density at radius 1 is 1.14 bits per heavy atom. The number of aryl methyl sites for hydroxylation is 1. The number of rotatable bonds is 4. The van der Waals surface area contributed by atoms with Crippen LogP contribution < -0.4 is 5.73 Å². The van der Waals surface area contributed by atoms with Crippen LogP contribution in [0.25, 0.3) is 0 Å². The van der Waals surface area contributed by atoms with E-state index in [0.717, 1.165) is 16.7 Å². The van der Waals surface area contributed by atoms with Crippen molar-refractivity contribution in [2.45, 2.75) is 20.0 Å². The molecule has 3 N–H and O–H groups in total. The van der Waals surface area contributed by atoms with Gasteiger partial charge in [-0.05, 0) is 41.8 Å². The Hall–Kier alpha value is -2.33. The summed E-state index contributed by atoms with van der Waals surface area (Å²) in [7, 11) is 1.77. The van der Waals surface area contributed by atoms with E-state index in [1.54, 1.807) is 24.1 Å². The van der Waals surface area contributed by atoms with Gasteiger partial charge < -0.3 is 15.7 Å². The van der Waals surface area contributed by atoms with Crippen LogP contribution in [0.4, 0.5) is 0 Å². The van der Waals surface area contributed by atoms with Crippen LogP contribution >= 0.6 is 0 Å². The topological polar surface area (TPSA) is 66.6 Å². The van der Waals surface area contributed by atoms with E-state index in [1.807, 2.05) is 31.2 Å². The fourth-order valence-electron chi connectivity index (χ4n) is 2.22. The first-order valence-electron chi connectivity index (χ1n) is 6.84. The highest BCUT2D eigenvalue weighted by Crippen LogP contribution is 2.18. The third kappa shape index (κ3) is 3.61. The number of aromatic hydroxyl groups is 1. The highest BCUT2D eigenvalue weighted by atomic mass is 16.3. The van der Waals surface area contributed by atoms with Gasteiger partial charge in [0.2, 0.25) is 0 Å². The monoisotopic (exact) mass is 284 g/mol. The standard InChI is InChI=1S/C17H20N2O2/c1-12-9-15(20)7-8-16(12)17(21)19(2)11-14-5-3-13(10-18)4-6-14/h3-9,20H,10-11,18H2,1-2H3. The maximum atomic E-state index is 12.4. The zero-order valence-corrected chi connectivity index (χ0v) is 12.3.